The lowest BCUT2D eigenvalue weighted by Gasteiger charge is -2.13. The number of hydrogen-bond donors (Lipinski definition) is 2. The molecular weight excluding hydrogens is 370 g/mol. The van der Waals surface area contributed by atoms with Crippen molar-refractivity contribution in [3.05, 3.63) is 46.7 Å². The van der Waals surface area contributed by atoms with E-state index in [1.807, 2.05) is 13.8 Å². The van der Waals surface area contributed by atoms with Crippen LogP contribution in [0.3, 0.4) is 0 Å². The summed E-state index contributed by atoms with van der Waals surface area (Å²) in [6, 6.07) is 6.08. The van der Waals surface area contributed by atoms with E-state index >= 15 is 0 Å². The van der Waals surface area contributed by atoms with Crippen LogP contribution >= 0.6 is 11.6 Å². The molecule has 0 bridgehead atoms. The zero-order valence-corrected chi connectivity index (χ0v) is 16.4. The molecule has 0 unspecified atom stereocenters. The molecule has 0 saturated heterocycles. The number of carbonyl (C=O) groups is 2. The summed E-state index contributed by atoms with van der Waals surface area (Å²) in [7, 11) is 2.94. The van der Waals surface area contributed by atoms with E-state index in [0.717, 1.165) is 0 Å². The molecule has 144 valence electrons. The number of nitrogens with zero attached hydrogens (tertiary/aromatic N) is 1. The van der Waals surface area contributed by atoms with E-state index in [-0.39, 0.29) is 11.6 Å². The largest absolute Gasteiger partial charge is 0.495 e. The normalized spacial score (nSPS) is 10.4. The van der Waals surface area contributed by atoms with Crippen molar-refractivity contribution < 1.29 is 19.1 Å². The van der Waals surface area contributed by atoms with Gasteiger partial charge < -0.3 is 20.1 Å². The fraction of sp³-hybridized carbons (Fsp3) is 0.316. The summed E-state index contributed by atoms with van der Waals surface area (Å²) in [5.74, 6) is 0.343. The topological polar surface area (TPSA) is 89.5 Å². The Morgan fingerprint density at radius 3 is 2.44 bits per heavy atom. The summed E-state index contributed by atoms with van der Waals surface area (Å²) in [6.07, 6.45) is 1.42. The van der Waals surface area contributed by atoms with Crippen molar-refractivity contribution in [1.29, 1.82) is 0 Å². The molecule has 0 atom stereocenters. The van der Waals surface area contributed by atoms with Crippen LogP contribution in [0.2, 0.25) is 5.02 Å². The molecule has 7 nitrogen and oxygen atoms in total. The maximum Gasteiger partial charge on any atom is 0.274 e. The van der Waals surface area contributed by atoms with Crippen molar-refractivity contribution in [2.24, 2.45) is 5.92 Å². The molecule has 2 aromatic rings. The van der Waals surface area contributed by atoms with E-state index in [0.29, 0.717) is 40.2 Å². The van der Waals surface area contributed by atoms with Gasteiger partial charge in [0, 0.05) is 30.4 Å². The summed E-state index contributed by atoms with van der Waals surface area (Å²) in [4.78, 5) is 28.8. The van der Waals surface area contributed by atoms with Gasteiger partial charge in [-0.15, -0.1) is 0 Å². The Morgan fingerprint density at radius 2 is 1.81 bits per heavy atom. The van der Waals surface area contributed by atoms with Crippen LogP contribution in [0.25, 0.3) is 0 Å². The number of hydrogen-bond acceptors (Lipinski definition) is 5. The monoisotopic (exact) mass is 391 g/mol. The minimum atomic E-state index is -0.490. The van der Waals surface area contributed by atoms with Crippen molar-refractivity contribution in [3.63, 3.8) is 0 Å². The average molecular weight is 392 g/mol. The highest BCUT2D eigenvalue weighted by molar-refractivity contribution is 6.32. The number of carbonyl (C=O) groups excluding carboxylic acids is 2. The Bertz CT molecular complexity index is 840. The SMILES string of the molecule is COc1cc(NC(=O)c2cc(C(=O)NCC(C)C)ccn2)c(OC)cc1Cl. The standard InChI is InChI=1S/C19H22ClN3O4/c1-11(2)10-22-18(24)12-5-6-21-15(7-12)19(25)23-14-9-16(26-3)13(20)8-17(14)27-4/h5-9,11H,10H2,1-4H3,(H,22,24)(H,23,25). The number of methoxy groups -OCH3 is 2. The molecule has 0 aliphatic heterocycles. The molecule has 1 aromatic carbocycles. The van der Waals surface area contributed by atoms with Gasteiger partial charge in [0.05, 0.1) is 24.9 Å². The number of anilines is 1. The highest BCUT2D eigenvalue weighted by atomic mass is 35.5. The van der Waals surface area contributed by atoms with Crippen LogP contribution in [-0.4, -0.2) is 37.6 Å². The molecule has 0 radical (unpaired) electrons. The maximum absolute atomic E-state index is 12.6. The maximum atomic E-state index is 12.6. The summed E-state index contributed by atoms with van der Waals surface area (Å²) in [5.41, 5.74) is 0.833. The summed E-state index contributed by atoms with van der Waals surface area (Å²) < 4.78 is 10.4. The minimum absolute atomic E-state index is 0.100. The number of ether oxygens (including phenoxy) is 2. The van der Waals surface area contributed by atoms with Crippen LogP contribution in [-0.2, 0) is 0 Å². The third-order valence-electron chi connectivity index (χ3n) is 3.65. The summed E-state index contributed by atoms with van der Waals surface area (Å²) >= 11 is 6.07. The van der Waals surface area contributed by atoms with Gasteiger partial charge in [-0.25, -0.2) is 0 Å². The van der Waals surface area contributed by atoms with E-state index in [9.17, 15) is 9.59 Å². The Labute approximate surface area is 163 Å². The molecule has 1 aromatic heterocycles. The number of pyridine rings is 1. The fourth-order valence-electron chi connectivity index (χ4n) is 2.24. The number of nitrogens with one attached hydrogen (secondary N) is 2. The third kappa shape index (κ3) is 5.34. The Hall–Kier alpha value is -2.80. The first-order valence-electron chi connectivity index (χ1n) is 8.32. The van der Waals surface area contributed by atoms with Crippen molar-refractivity contribution in [2.45, 2.75) is 13.8 Å². The number of amides is 2. The van der Waals surface area contributed by atoms with Crippen LogP contribution < -0.4 is 20.1 Å². The van der Waals surface area contributed by atoms with Crippen LogP contribution in [0.1, 0.15) is 34.7 Å². The smallest absolute Gasteiger partial charge is 0.274 e. The first-order valence-corrected chi connectivity index (χ1v) is 8.70. The molecule has 8 heteroatoms. The van der Waals surface area contributed by atoms with E-state index in [1.54, 1.807) is 18.2 Å². The van der Waals surface area contributed by atoms with Crippen molar-refractivity contribution in [3.8, 4) is 11.5 Å². The molecule has 2 N–H and O–H groups in total. The number of rotatable bonds is 7. The van der Waals surface area contributed by atoms with Crippen molar-refractivity contribution in [2.75, 3.05) is 26.1 Å². The lowest BCUT2D eigenvalue weighted by molar-refractivity contribution is 0.0949. The van der Waals surface area contributed by atoms with Gasteiger partial charge in [-0.1, -0.05) is 25.4 Å². The molecule has 1 heterocycles. The van der Waals surface area contributed by atoms with Gasteiger partial charge >= 0.3 is 0 Å². The molecule has 0 saturated carbocycles. The van der Waals surface area contributed by atoms with Crippen molar-refractivity contribution >= 4 is 29.1 Å². The second-order valence-corrected chi connectivity index (χ2v) is 6.58. The first kappa shape index (κ1) is 20.5. The molecule has 0 aliphatic rings. The highest BCUT2D eigenvalue weighted by Crippen LogP contribution is 2.36. The Morgan fingerprint density at radius 1 is 1.11 bits per heavy atom. The van der Waals surface area contributed by atoms with Crippen LogP contribution in [0, 0.1) is 5.92 Å². The summed E-state index contributed by atoms with van der Waals surface area (Å²) in [6.45, 7) is 4.55. The van der Waals surface area contributed by atoms with Crippen LogP contribution in [0.4, 0.5) is 5.69 Å². The quantitative estimate of drug-likeness (QED) is 0.755. The highest BCUT2D eigenvalue weighted by Gasteiger charge is 2.16. The van der Waals surface area contributed by atoms with Gasteiger partial charge in [0.2, 0.25) is 0 Å². The van der Waals surface area contributed by atoms with Gasteiger partial charge in [-0.3, -0.25) is 14.6 Å². The van der Waals surface area contributed by atoms with Crippen LogP contribution in [0.5, 0.6) is 11.5 Å². The predicted octanol–water partition coefficient (Wildman–Crippen LogP) is 3.39. The lowest BCUT2D eigenvalue weighted by Crippen LogP contribution is -2.27. The second-order valence-electron chi connectivity index (χ2n) is 6.17. The number of aromatic nitrogens is 1. The average Bonchev–Trinajstić information content (AvgIpc) is 2.66. The molecule has 2 amide bonds. The Balaban J connectivity index is 2.21. The van der Waals surface area contributed by atoms with E-state index in [2.05, 4.69) is 15.6 Å². The zero-order chi connectivity index (χ0) is 20.0. The van der Waals surface area contributed by atoms with Gasteiger partial charge in [-0.05, 0) is 18.1 Å². The number of halogens is 1. The van der Waals surface area contributed by atoms with Gasteiger partial charge in [0.15, 0.2) is 0 Å². The summed E-state index contributed by atoms with van der Waals surface area (Å²) in [5, 5.41) is 5.86. The van der Waals surface area contributed by atoms with Gasteiger partial charge in [0.1, 0.15) is 17.2 Å². The fourth-order valence-corrected chi connectivity index (χ4v) is 2.47. The Kier molecular flexibility index (Phi) is 7.01. The molecule has 27 heavy (non-hydrogen) atoms. The van der Waals surface area contributed by atoms with E-state index in [4.69, 9.17) is 21.1 Å². The molecule has 0 spiro atoms. The molecule has 0 aliphatic carbocycles. The third-order valence-corrected chi connectivity index (χ3v) is 3.94. The number of benzene rings is 1. The first-order chi connectivity index (χ1) is 12.8. The zero-order valence-electron chi connectivity index (χ0n) is 15.6. The van der Waals surface area contributed by atoms with Crippen LogP contribution in [0.15, 0.2) is 30.5 Å². The predicted molar refractivity (Wildman–Crippen MR) is 104 cm³/mol. The lowest BCUT2D eigenvalue weighted by atomic mass is 10.2. The molecular formula is C19H22ClN3O4. The van der Waals surface area contributed by atoms with Crippen molar-refractivity contribution in [1.82, 2.24) is 10.3 Å². The van der Waals surface area contributed by atoms with E-state index in [1.165, 1.54) is 26.5 Å². The molecule has 2 rings (SSSR count). The molecule has 0 fully saturated rings. The van der Waals surface area contributed by atoms with Gasteiger partial charge in [-0.2, -0.15) is 0 Å². The van der Waals surface area contributed by atoms with E-state index < -0.39 is 5.91 Å². The van der Waals surface area contributed by atoms with Gasteiger partial charge in [0.25, 0.3) is 11.8 Å². The second kappa shape index (κ2) is 9.23. The minimum Gasteiger partial charge on any atom is -0.495 e.